The van der Waals surface area contributed by atoms with Gasteiger partial charge < -0.3 is 9.47 Å². The Morgan fingerprint density at radius 3 is 2.86 bits per heavy atom. The van der Waals surface area contributed by atoms with Crippen LogP contribution in [0.25, 0.3) is 6.08 Å². The topological polar surface area (TPSA) is 48.4 Å². The molecular formula is C18H17NO3. The van der Waals surface area contributed by atoms with Gasteiger partial charge in [-0.2, -0.15) is 0 Å². The maximum atomic E-state index is 12.0. The Hall–Kier alpha value is -2.62. The number of esters is 1. The first-order chi connectivity index (χ1) is 10.8. The Kier molecular flexibility index (Phi) is 4.49. The highest BCUT2D eigenvalue weighted by atomic mass is 16.5. The fourth-order valence-electron chi connectivity index (χ4n) is 2.32. The van der Waals surface area contributed by atoms with Gasteiger partial charge in [-0.25, -0.2) is 4.79 Å². The van der Waals surface area contributed by atoms with E-state index in [0.29, 0.717) is 12.2 Å². The highest BCUT2D eigenvalue weighted by Gasteiger charge is 2.17. The third-order valence-corrected chi connectivity index (χ3v) is 3.49. The zero-order valence-corrected chi connectivity index (χ0v) is 12.2. The van der Waals surface area contributed by atoms with E-state index in [1.54, 1.807) is 12.4 Å². The van der Waals surface area contributed by atoms with E-state index in [1.807, 2.05) is 42.5 Å². The third-order valence-electron chi connectivity index (χ3n) is 3.49. The second-order valence-corrected chi connectivity index (χ2v) is 5.09. The standard InChI is InChI=1S/C18H17NO3/c20-18(21-11-3-4-14-7-9-19-10-8-14)16-12-15-5-1-2-6-17(15)22-13-16/h1-2,5-10,12H,3-4,11,13H2. The van der Waals surface area contributed by atoms with E-state index in [-0.39, 0.29) is 12.6 Å². The van der Waals surface area contributed by atoms with Gasteiger partial charge in [0.25, 0.3) is 0 Å². The average Bonchev–Trinajstić information content (AvgIpc) is 2.59. The Morgan fingerprint density at radius 1 is 1.18 bits per heavy atom. The van der Waals surface area contributed by atoms with Crippen molar-refractivity contribution in [2.75, 3.05) is 13.2 Å². The van der Waals surface area contributed by atoms with Crippen LogP contribution in [0.15, 0.2) is 54.4 Å². The van der Waals surface area contributed by atoms with Crippen LogP contribution in [0.4, 0.5) is 0 Å². The van der Waals surface area contributed by atoms with Gasteiger partial charge in [0.05, 0.1) is 12.2 Å². The Labute approximate surface area is 129 Å². The van der Waals surface area contributed by atoms with Crippen molar-refractivity contribution in [2.45, 2.75) is 12.8 Å². The number of aromatic nitrogens is 1. The summed E-state index contributed by atoms with van der Waals surface area (Å²) < 4.78 is 10.9. The fraction of sp³-hybridized carbons (Fsp3) is 0.222. The Bertz CT molecular complexity index is 680. The Morgan fingerprint density at radius 2 is 2.00 bits per heavy atom. The van der Waals surface area contributed by atoms with Crippen LogP contribution < -0.4 is 4.74 Å². The minimum absolute atomic E-state index is 0.264. The lowest BCUT2D eigenvalue weighted by Crippen LogP contribution is -2.17. The first kappa shape index (κ1) is 14.3. The van der Waals surface area contributed by atoms with Gasteiger partial charge in [-0.1, -0.05) is 18.2 Å². The summed E-state index contributed by atoms with van der Waals surface area (Å²) in [5.41, 5.74) is 2.67. The molecule has 0 saturated heterocycles. The van der Waals surface area contributed by atoms with Crippen LogP contribution in [0.3, 0.4) is 0 Å². The normalized spacial score (nSPS) is 12.8. The van der Waals surface area contributed by atoms with Crippen LogP contribution in [0.5, 0.6) is 5.75 Å². The van der Waals surface area contributed by atoms with Crippen LogP contribution in [0.1, 0.15) is 17.5 Å². The van der Waals surface area contributed by atoms with Crippen LogP contribution >= 0.6 is 0 Å². The number of benzene rings is 1. The van der Waals surface area contributed by atoms with Crippen molar-refractivity contribution >= 4 is 12.0 Å². The summed E-state index contributed by atoms with van der Waals surface area (Å²) in [5.74, 6) is 0.501. The summed E-state index contributed by atoms with van der Waals surface area (Å²) in [5, 5.41) is 0. The van der Waals surface area contributed by atoms with E-state index >= 15 is 0 Å². The first-order valence-electron chi connectivity index (χ1n) is 7.31. The first-order valence-corrected chi connectivity index (χ1v) is 7.31. The number of carbonyl (C=O) groups is 1. The maximum absolute atomic E-state index is 12.0. The lowest BCUT2D eigenvalue weighted by molar-refractivity contribution is -0.139. The predicted octanol–water partition coefficient (Wildman–Crippen LogP) is 3.03. The number of carbonyl (C=O) groups excluding carboxylic acids is 1. The molecular weight excluding hydrogens is 278 g/mol. The molecule has 3 rings (SSSR count). The molecule has 1 aliphatic rings. The van der Waals surface area contributed by atoms with E-state index in [2.05, 4.69) is 4.98 Å². The molecule has 0 fully saturated rings. The highest BCUT2D eigenvalue weighted by molar-refractivity contribution is 5.95. The summed E-state index contributed by atoms with van der Waals surface area (Å²) in [6.07, 6.45) is 7.03. The molecule has 0 unspecified atom stereocenters. The summed E-state index contributed by atoms with van der Waals surface area (Å²) >= 11 is 0. The molecule has 2 aromatic rings. The molecule has 0 bridgehead atoms. The van der Waals surface area contributed by atoms with Gasteiger partial charge in [0.15, 0.2) is 0 Å². The molecule has 0 spiro atoms. The number of ether oxygens (including phenoxy) is 2. The van der Waals surface area contributed by atoms with Crippen LogP contribution in [-0.2, 0) is 16.0 Å². The number of hydrogen-bond donors (Lipinski definition) is 0. The number of para-hydroxylation sites is 1. The summed E-state index contributed by atoms with van der Waals surface area (Å²) in [7, 11) is 0. The van der Waals surface area contributed by atoms with Crippen LogP contribution in [-0.4, -0.2) is 24.2 Å². The number of pyridine rings is 1. The molecule has 1 aromatic carbocycles. The average molecular weight is 295 g/mol. The Balaban J connectivity index is 1.50. The summed E-state index contributed by atoms with van der Waals surface area (Å²) in [6.45, 7) is 0.667. The molecule has 4 heteroatoms. The number of hydrogen-bond acceptors (Lipinski definition) is 4. The molecule has 22 heavy (non-hydrogen) atoms. The van der Waals surface area contributed by atoms with Gasteiger partial charge >= 0.3 is 5.97 Å². The quantitative estimate of drug-likeness (QED) is 0.628. The van der Waals surface area contributed by atoms with Crippen molar-refractivity contribution in [3.63, 3.8) is 0 Å². The van der Waals surface area contributed by atoms with Crippen molar-refractivity contribution in [2.24, 2.45) is 0 Å². The molecule has 0 amide bonds. The smallest absolute Gasteiger partial charge is 0.337 e. The number of aryl methyl sites for hydroxylation is 1. The zero-order chi connectivity index (χ0) is 15.2. The molecule has 112 valence electrons. The summed E-state index contributed by atoms with van der Waals surface area (Å²) in [6, 6.07) is 11.6. The van der Waals surface area contributed by atoms with E-state index in [4.69, 9.17) is 9.47 Å². The minimum Gasteiger partial charge on any atom is -0.488 e. The minimum atomic E-state index is -0.302. The van der Waals surface area contributed by atoms with E-state index < -0.39 is 0 Å². The zero-order valence-electron chi connectivity index (χ0n) is 12.2. The van der Waals surface area contributed by atoms with Gasteiger partial charge in [0, 0.05) is 18.0 Å². The second kappa shape index (κ2) is 6.89. The second-order valence-electron chi connectivity index (χ2n) is 5.09. The number of fused-ring (bicyclic) bond motifs is 1. The molecule has 0 aliphatic carbocycles. The van der Waals surface area contributed by atoms with Crippen LogP contribution in [0, 0.1) is 0 Å². The van der Waals surface area contributed by atoms with Gasteiger partial charge in [-0.3, -0.25) is 4.98 Å². The number of rotatable bonds is 5. The van der Waals surface area contributed by atoms with Crippen LogP contribution in [0.2, 0.25) is 0 Å². The van der Waals surface area contributed by atoms with E-state index in [0.717, 1.165) is 24.2 Å². The molecule has 0 saturated carbocycles. The summed E-state index contributed by atoms with van der Waals surface area (Å²) in [4.78, 5) is 16.0. The van der Waals surface area contributed by atoms with Gasteiger partial charge in [-0.05, 0) is 42.7 Å². The molecule has 4 nitrogen and oxygen atoms in total. The predicted molar refractivity (Wildman–Crippen MR) is 83.4 cm³/mol. The third kappa shape index (κ3) is 3.52. The molecule has 0 N–H and O–H groups in total. The largest absolute Gasteiger partial charge is 0.488 e. The van der Waals surface area contributed by atoms with Gasteiger partial charge in [-0.15, -0.1) is 0 Å². The fourth-order valence-corrected chi connectivity index (χ4v) is 2.32. The van der Waals surface area contributed by atoms with Gasteiger partial charge in [0.1, 0.15) is 12.4 Å². The molecule has 2 heterocycles. The van der Waals surface area contributed by atoms with Crippen molar-refractivity contribution in [3.05, 3.63) is 65.5 Å². The van der Waals surface area contributed by atoms with Crippen molar-refractivity contribution < 1.29 is 14.3 Å². The SMILES string of the molecule is O=C(OCCCc1ccncc1)C1=Cc2ccccc2OC1. The molecule has 0 atom stereocenters. The highest BCUT2D eigenvalue weighted by Crippen LogP contribution is 2.26. The van der Waals surface area contributed by atoms with Gasteiger partial charge in [0.2, 0.25) is 0 Å². The molecule has 1 aliphatic heterocycles. The lowest BCUT2D eigenvalue weighted by atomic mass is 10.1. The monoisotopic (exact) mass is 295 g/mol. The molecule has 1 aromatic heterocycles. The maximum Gasteiger partial charge on any atom is 0.337 e. The van der Waals surface area contributed by atoms with Crippen molar-refractivity contribution in [1.82, 2.24) is 4.98 Å². The van der Waals surface area contributed by atoms with E-state index in [1.165, 1.54) is 5.56 Å². The van der Waals surface area contributed by atoms with Crippen molar-refractivity contribution in [1.29, 1.82) is 0 Å². The van der Waals surface area contributed by atoms with Crippen molar-refractivity contribution in [3.8, 4) is 5.75 Å². The lowest BCUT2D eigenvalue weighted by Gasteiger charge is -2.16. The molecule has 0 radical (unpaired) electrons. The number of nitrogens with zero attached hydrogens (tertiary/aromatic N) is 1. The van der Waals surface area contributed by atoms with E-state index in [9.17, 15) is 4.79 Å².